The molecule has 8 nitrogen and oxygen atoms in total. The van der Waals surface area contributed by atoms with Gasteiger partial charge in [-0.25, -0.2) is 9.37 Å². The van der Waals surface area contributed by atoms with E-state index < -0.39 is 17.9 Å². The van der Waals surface area contributed by atoms with Gasteiger partial charge in [-0.05, 0) is 37.0 Å². The summed E-state index contributed by atoms with van der Waals surface area (Å²) in [7, 11) is 1.46. The van der Waals surface area contributed by atoms with Gasteiger partial charge in [0.05, 0.1) is 29.6 Å². The van der Waals surface area contributed by atoms with Crippen molar-refractivity contribution in [1.82, 2.24) is 19.6 Å². The lowest BCUT2D eigenvalue weighted by atomic mass is 10.0. The smallest absolute Gasteiger partial charge is 0.243 e. The number of rotatable bonds is 8. The first kappa shape index (κ1) is 24.4. The molecule has 3 heterocycles. The van der Waals surface area contributed by atoms with E-state index in [0.717, 1.165) is 6.42 Å². The number of benzene rings is 1. The van der Waals surface area contributed by atoms with Gasteiger partial charge < -0.3 is 19.4 Å². The fraction of sp³-hybridized carbons (Fsp3) is 0.385. The number of halogens is 2. The summed E-state index contributed by atoms with van der Waals surface area (Å²) in [5.74, 6) is -0.690. The van der Waals surface area contributed by atoms with Gasteiger partial charge in [-0.3, -0.25) is 14.4 Å². The zero-order valence-electron chi connectivity index (χ0n) is 19.9. The number of carbonyl (C=O) groups excluding carboxylic acids is 3. The largest absolute Gasteiger partial charge is 0.382 e. The maximum absolute atomic E-state index is 14.7. The molecule has 2 aromatic heterocycles. The molecule has 0 radical (unpaired) electrons. The van der Waals surface area contributed by atoms with Gasteiger partial charge in [0.15, 0.2) is 5.78 Å². The predicted molar refractivity (Wildman–Crippen MR) is 130 cm³/mol. The summed E-state index contributed by atoms with van der Waals surface area (Å²) in [5, 5.41) is 2.82. The second-order valence-corrected chi connectivity index (χ2v) is 9.75. The molecule has 36 heavy (non-hydrogen) atoms. The van der Waals surface area contributed by atoms with E-state index in [1.807, 2.05) is 6.07 Å². The lowest BCUT2D eigenvalue weighted by Gasteiger charge is -2.29. The monoisotopic (exact) mass is 512 g/mol. The second-order valence-electron chi connectivity index (χ2n) is 9.34. The Hall–Kier alpha value is -3.30. The zero-order valence-corrected chi connectivity index (χ0v) is 20.7. The van der Waals surface area contributed by atoms with Gasteiger partial charge in [-0.15, -0.1) is 0 Å². The van der Waals surface area contributed by atoms with Crippen LogP contribution in [0.5, 0.6) is 0 Å². The number of nitrogens with zero attached hydrogens (tertiary/aromatic N) is 3. The SMILES string of the molecule is COC[C@@H](NC(=O)[C@@H]1C[C@H]2C[C@H]2N1C(=O)Cc1nc(C(C)=O)c2ccccn12)c1cccc(Cl)c1F. The maximum atomic E-state index is 14.7. The van der Waals surface area contributed by atoms with E-state index in [9.17, 15) is 18.8 Å². The van der Waals surface area contributed by atoms with Crippen molar-refractivity contribution in [1.29, 1.82) is 0 Å². The van der Waals surface area contributed by atoms with E-state index in [1.165, 1.54) is 20.1 Å². The number of hydrogen-bond acceptors (Lipinski definition) is 5. The molecular weight excluding hydrogens is 487 g/mol. The number of carbonyl (C=O) groups is 3. The van der Waals surface area contributed by atoms with Crippen LogP contribution in [0.2, 0.25) is 5.02 Å². The van der Waals surface area contributed by atoms with Crippen LogP contribution in [0.4, 0.5) is 4.39 Å². The summed E-state index contributed by atoms with van der Waals surface area (Å²) < 4.78 is 21.6. The topological polar surface area (TPSA) is 93.0 Å². The van der Waals surface area contributed by atoms with E-state index >= 15 is 0 Å². The molecule has 10 heteroatoms. The number of amides is 2. The van der Waals surface area contributed by atoms with Crippen molar-refractivity contribution in [3.05, 3.63) is 70.5 Å². The van der Waals surface area contributed by atoms with Gasteiger partial charge in [0, 0.05) is 31.8 Å². The van der Waals surface area contributed by atoms with Crippen molar-refractivity contribution >= 4 is 34.7 Å². The first-order chi connectivity index (χ1) is 17.3. The molecule has 1 saturated carbocycles. The minimum Gasteiger partial charge on any atom is -0.382 e. The number of fused-ring (bicyclic) bond motifs is 2. The molecule has 1 saturated heterocycles. The highest BCUT2D eigenvalue weighted by Gasteiger charge is 2.56. The fourth-order valence-corrected chi connectivity index (χ4v) is 5.38. The average molecular weight is 513 g/mol. The predicted octanol–water partition coefficient (Wildman–Crippen LogP) is 3.37. The number of nitrogens with one attached hydrogen (secondary N) is 1. The Morgan fingerprint density at radius 2 is 2.03 bits per heavy atom. The molecule has 0 bridgehead atoms. The van der Waals surface area contributed by atoms with Crippen molar-refractivity contribution in [2.75, 3.05) is 13.7 Å². The van der Waals surface area contributed by atoms with Gasteiger partial charge in [-0.1, -0.05) is 29.8 Å². The highest BCUT2D eigenvalue weighted by molar-refractivity contribution is 6.30. The van der Waals surface area contributed by atoms with Crippen LogP contribution in [0.25, 0.3) is 5.52 Å². The van der Waals surface area contributed by atoms with Crippen molar-refractivity contribution in [2.45, 2.75) is 44.3 Å². The summed E-state index contributed by atoms with van der Waals surface area (Å²) in [6.07, 6.45) is 3.11. The van der Waals surface area contributed by atoms with Crippen LogP contribution >= 0.6 is 11.6 Å². The number of likely N-dealkylation sites (tertiary alicyclic amines) is 1. The maximum Gasteiger partial charge on any atom is 0.243 e. The minimum absolute atomic E-state index is 0.00413. The first-order valence-electron chi connectivity index (χ1n) is 11.8. The molecule has 3 aromatic rings. The van der Waals surface area contributed by atoms with Crippen molar-refractivity contribution in [2.24, 2.45) is 5.92 Å². The van der Waals surface area contributed by atoms with E-state index in [1.54, 1.807) is 39.8 Å². The zero-order chi connectivity index (χ0) is 25.6. The third kappa shape index (κ3) is 4.37. The molecule has 5 rings (SSSR count). The molecule has 0 unspecified atom stereocenters. The summed E-state index contributed by atoms with van der Waals surface area (Å²) in [6, 6.07) is 8.56. The standard InChI is InChI=1S/C26H26ClFN4O4/c1-14(33)25-19-8-3-4-9-31(19)22(30-25)12-23(34)32-20-10-15(20)11-21(32)26(35)29-18(13-36-2)16-6-5-7-17(27)24(16)28/h3-9,15,18,20-21H,10-13H2,1-2H3,(H,29,35)/t15-,18-,20-,21+/m1/s1. The quantitative estimate of drug-likeness (QED) is 0.467. The van der Waals surface area contributed by atoms with Gasteiger partial charge in [-0.2, -0.15) is 0 Å². The fourth-order valence-electron chi connectivity index (χ4n) is 5.19. The molecule has 1 aliphatic carbocycles. The number of aromatic nitrogens is 2. The van der Waals surface area contributed by atoms with Crippen LogP contribution in [0.1, 0.15) is 47.7 Å². The van der Waals surface area contributed by atoms with Gasteiger partial charge in [0.25, 0.3) is 0 Å². The second kappa shape index (κ2) is 9.63. The van der Waals surface area contributed by atoms with Gasteiger partial charge in [0.2, 0.25) is 11.8 Å². The Morgan fingerprint density at radius 1 is 1.22 bits per heavy atom. The van der Waals surface area contributed by atoms with Crippen molar-refractivity contribution in [3.8, 4) is 0 Å². The van der Waals surface area contributed by atoms with Crippen LogP contribution in [-0.2, 0) is 20.7 Å². The Kier molecular flexibility index (Phi) is 6.53. The molecular formula is C26H26ClFN4O4. The molecule has 2 fully saturated rings. The number of imidazole rings is 1. The molecule has 1 aromatic carbocycles. The molecule has 2 aliphatic rings. The third-order valence-corrected chi connectivity index (χ3v) is 7.26. The number of piperidine rings is 1. The molecule has 2 amide bonds. The molecule has 188 valence electrons. The number of ether oxygens (including phenoxy) is 1. The van der Waals surface area contributed by atoms with Crippen LogP contribution in [0.3, 0.4) is 0 Å². The van der Waals surface area contributed by atoms with Crippen molar-refractivity contribution in [3.63, 3.8) is 0 Å². The third-order valence-electron chi connectivity index (χ3n) is 6.97. The number of pyridine rings is 1. The molecule has 4 atom stereocenters. The lowest BCUT2D eigenvalue weighted by Crippen LogP contribution is -2.49. The van der Waals surface area contributed by atoms with Crippen molar-refractivity contribution < 1.29 is 23.5 Å². The Morgan fingerprint density at radius 3 is 2.78 bits per heavy atom. The molecule has 1 N–H and O–H groups in total. The minimum atomic E-state index is -0.760. The molecule has 1 aliphatic heterocycles. The summed E-state index contributed by atoms with van der Waals surface area (Å²) in [5.41, 5.74) is 1.17. The number of ketones is 1. The summed E-state index contributed by atoms with van der Waals surface area (Å²) in [4.78, 5) is 45.0. The Labute approximate surface area is 212 Å². The summed E-state index contributed by atoms with van der Waals surface area (Å²) >= 11 is 5.94. The van der Waals surface area contributed by atoms with Crippen LogP contribution in [-0.4, -0.2) is 57.7 Å². The average Bonchev–Trinajstić information content (AvgIpc) is 3.35. The lowest BCUT2D eigenvalue weighted by molar-refractivity contribution is -0.139. The highest BCUT2D eigenvalue weighted by atomic mass is 35.5. The van der Waals surface area contributed by atoms with E-state index in [2.05, 4.69) is 10.3 Å². The van der Waals surface area contributed by atoms with E-state index in [-0.39, 0.29) is 53.2 Å². The van der Waals surface area contributed by atoms with Gasteiger partial charge >= 0.3 is 0 Å². The van der Waals surface area contributed by atoms with Gasteiger partial charge in [0.1, 0.15) is 23.4 Å². The van der Waals surface area contributed by atoms with Crippen LogP contribution in [0.15, 0.2) is 42.6 Å². The van der Waals surface area contributed by atoms with E-state index in [4.69, 9.17) is 16.3 Å². The van der Waals surface area contributed by atoms with Crippen LogP contribution in [0, 0.1) is 11.7 Å². The summed E-state index contributed by atoms with van der Waals surface area (Å²) in [6.45, 7) is 1.49. The highest BCUT2D eigenvalue weighted by Crippen LogP contribution is 2.48. The Balaban J connectivity index is 1.37. The number of hydrogen-bond donors (Lipinski definition) is 1. The molecule has 0 spiro atoms. The van der Waals surface area contributed by atoms with E-state index in [0.29, 0.717) is 23.5 Å². The normalized spacial score (nSPS) is 21.3. The van der Waals surface area contributed by atoms with Crippen LogP contribution < -0.4 is 5.32 Å². The first-order valence-corrected chi connectivity index (χ1v) is 12.2. The number of Topliss-reactive ketones (excluding diaryl/α,β-unsaturated/α-hetero) is 1. The Bertz CT molecular complexity index is 1360. The number of methoxy groups -OCH3 is 1.